The SMILES string of the molecule is COCc1noc(CCN2C(=O)c3ccccc3N3C(=O)CCC23C)n1. The van der Waals surface area contributed by atoms with Crippen LogP contribution in [0.2, 0.25) is 0 Å². The molecule has 2 aliphatic heterocycles. The van der Waals surface area contributed by atoms with Crippen molar-refractivity contribution >= 4 is 17.5 Å². The van der Waals surface area contributed by atoms with Gasteiger partial charge in [-0.25, -0.2) is 0 Å². The quantitative estimate of drug-likeness (QED) is 0.811. The number of aromatic nitrogens is 2. The lowest BCUT2D eigenvalue weighted by atomic mass is 9.98. The molecule has 1 aromatic heterocycles. The first-order valence-electron chi connectivity index (χ1n) is 8.59. The van der Waals surface area contributed by atoms with E-state index in [0.717, 1.165) is 0 Å². The standard InChI is InChI=1S/C18H20N4O4/c1-18-9-7-16(23)22(18)13-6-4-3-5-12(13)17(24)21(18)10-8-15-19-14(11-25-2)20-26-15/h3-6H,7-11H2,1-2H3. The van der Waals surface area contributed by atoms with Gasteiger partial charge < -0.3 is 14.2 Å². The fourth-order valence-corrected chi connectivity index (χ4v) is 3.83. The van der Waals surface area contributed by atoms with Crippen molar-refractivity contribution < 1.29 is 18.8 Å². The van der Waals surface area contributed by atoms with Crippen molar-refractivity contribution in [3.63, 3.8) is 0 Å². The summed E-state index contributed by atoms with van der Waals surface area (Å²) in [5, 5.41) is 3.84. The Kier molecular flexibility index (Phi) is 3.99. The lowest BCUT2D eigenvalue weighted by Crippen LogP contribution is -2.62. The van der Waals surface area contributed by atoms with Crippen molar-refractivity contribution in [2.24, 2.45) is 0 Å². The van der Waals surface area contributed by atoms with Crippen LogP contribution in [0, 0.1) is 0 Å². The Morgan fingerprint density at radius 3 is 2.92 bits per heavy atom. The van der Waals surface area contributed by atoms with Gasteiger partial charge in [0.2, 0.25) is 11.8 Å². The molecule has 2 aliphatic rings. The number of nitrogens with zero attached hydrogens (tertiary/aromatic N) is 4. The molecule has 136 valence electrons. The zero-order valence-electron chi connectivity index (χ0n) is 14.8. The predicted octanol–water partition coefficient (Wildman–Crippen LogP) is 1.76. The summed E-state index contributed by atoms with van der Waals surface area (Å²) < 4.78 is 10.2. The first kappa shape index (κ1) is 16.7. The van der Waals surface area contributed by atoms with Gasteiger partial charge in [0.15, 0.2) is 5.82 Å². The molecule has 8 nitrogen and oxygen atoms in total. The number of rotatable bonds is 5. The molecule has 1 fully saturated rings. The maximum absolute atomic E-state index is 13.1. The minimum atomic E-state index is -0.669. The molecule has 8 heteroatoms. The van der Waals surface area contributed by atoms with Crippen LogP contribution < -0.4 is 4.90 Å². The zero-order valence-corrected chi connectivity index (χ0v) is 14.8. The number of benzene rings is 1. The van der Waals surface area contributed by atoms with Crippen molar-refractivity contribution in [3.05, 3.63) is 41.5 Å². The number of para-hydroxylation sites is 1. The second kappa shape index (κ2) is 6.21. The summed E-state index contributed by atoms with van der Waals surface area (Å²) in [4.78, 5) is 33.4. The van der Waals surface area contributed by atoms with E-state index >= 15 is 0 Å². The van der Waals surface area contributed by atoms with E-state index in [4.69, 9.17) is 9.26 Å². The molecule has 1 aromatic carbocycles. The van der Waals surface area contributed by atoms with E-state index in [1.807, 2.05) is 25.1 Å². The summed E-state index contributed by atoms with van der Waals surface area (Å²) in [6, 6.07) is 7.26. The number of carbonyl (C=O) groups is 2. The lowest BCUT2D eigenvalue weighted by molar-refractivity contribution is -0.117. The highest BCUT2D eigenvalue weighted by molar-refractivity contribution is 6.10. The number of methoxy groups -OCH3 is 1. The van der Waals surface area contributed by atoms with Crippen molar-refractivity contribution in [1.29, 1.82) is 0 Å². The number of amides is 2. The summed E-state index contributed by atoms with van der Waals surface area (Å²) in [6.07, 6.45) is 1.44. The highest BCUT2D eigenvalue weighted by Crippen LogP contribution is 2.43. The van der Waals surface area contributed by atoms with Crippen LogP contribution in [-0.2, 0) is 22.6 Å². The van der Waals surface area contributed by atoms with Crippen molar-refractivity contribution in [3.8, 4) is 0 Å². The highest BCUT2D eigenvalue weighted by Gasteiger charge is 2.52. The summed E-state index contributed by atoms with van der Waals surface area (Å²) in [6.45, 7) is 2.61. The van der Waals surface area contributed by atoms with Gasteiger partial charge in [0.05, 0.1) is 11.3 Å². The van der Waals surface area contributed by atoms with Gasteiger partial charge in [-0.3, -0.25) is 14.5 Å². The Morgan fingerprint density at radius 1 is 1.31 bits per heavy atom. The minimum absolute atomic E-state index is 0.0395. The topological polar surface area (TPSA) is 88.8 Å². The number of hydrogen-bond acceptors (Lipinski definition) is 6. The highest BCUT2D eigenvalue weighted by atomic mass is 16.5. The molecule has 0 spiro atoms. The lowest BCUT2D eigenvalue weighted by Gasteiger charge is -2.48. The van der Waals surface area contributed by atoms with E-state index in [0.29, 0.717) is 48.8 Å². The van der Waals surface area contributed by atoms with Gasteiger partial charge in [0, 0.05) is 26.5 Å². The molecular formula is C18H20N4O4. The van der Waals surface area contributed by atoms with E-state index < -0.39 is 5.66 Å². The van der Waals surface area contributed by atoms with Crippen LogP contribution >= 0.6 is 0 Å². The summed E-state index contributed by atoms with van der Waals surface area (Å²) in [7, 11) is 1.56. The van der Waals surface area contributed by atoms with Gasteiger partial charge >= 0.3 is 0 Å². The van der Waals surface area contributed by atoms with Crippen LogP contribution in [0.5, 0.6) is 0 Å². The van der Waals surface area contributed by atoms with Gasteiger partial charge in [-0.15, -0.1) is 0 Å². The molecule has 1 atom stereocenters. The Morgan fingerprint density at radius 2 is 2.12 bits per heavy atom. The zero-order chi connectivity index (χ0) is 18.3. The second-order valence-corrected chi connectivity index (χ2v) is 6.71. The fourth-order valence-electron chi connectivity index (χ4n) is 3.83. The monoisotopic (exact) mass is 356 g/mol. The number of carbonyl (C=O) groups excluding carboxylic acids is 2. The van der Waals surface area contributed by atoms with Gasteiger partial charge in [0.1, 0.15) is 12.3 Å². The molecule has 0 bridgehead atoms. The molecular weight excluding hydrogens is 336 g/mol. The van der Waals surface area contributed by atoms with E-state index in [2.05, 4.69) is 10.1 Å². The first-order chi connectivity index (χ1) is 12.5. The number of ether oxygens (including phenoxy) is 1. The van der Waals surface area contributed by atoms with Crippen LogP contribution in [0.25, 0.3) is 0 Å². The second-order valence-electron chi connectivity index (χ2n) is 6.71. The third-order valence-electron chi connectivity index (χ3n) is 5.08. The van der Waals surface area contributed by atoms with E-state index in [9.17, 15) is 9.59 Å². The molecule has 0 saturated carbocycles. The molecule has 2 aromatic rings. The number of anilines is 1. The van der Waals surface area contributed by atoms with E-state index in [-0.39, 0.29) is 18.4 Å². The fraction of sp³-hybridized carbons (Fsp3) is 0.444. The van der Waals surface area contributed by atoms with Crippen LogP contribution in [0.1, 0.15) is 41.8 Å². The average molecular weight is 356 g/mol. The van der Waals surface area contributed by atoms with Gasteiger partial charge in [0.25, 0.3) is 5.91 Å². The molecule has 0 radical (unpaired) electrons. The molecule has 4 rings (SSSR count). The van der Waals surface area contributed by atoms with Gasteiger partial charge in [-0.05, 0) is 25.5 Å². The molecule has 1 unspecified atom stereocenters. The maximum atomic E-state index is 13.1. The first-order valence-corrected chi connectivity index (χ1v) is 8.59. The van der Waals surface area contributed by atoms with Crippen molar-refractivity contribution in [1.82, 2.24) is 15.0 Å². The smallest absolute Gasteiger partial charge is 0.257 e. The Hall–Kier alpha value is -2.74. The maximum Gasteiger partial charge on any atom is 0.257 e. The van der Waals surface area contributed by atoms with E-state index in [1.165, 1.54) is 0 Å². The normalized spacial score (nSPS) is 21.9. The Bertz CT molecular complexity index is 864. The van der Waals surface area contributed by atoms with Crippen molar-refractivity contribution in [2.75, 3.05) is 18.6 Å². The Labute approximate surface area is 150 Å². The Balaban J connectivity index is 1.62. The third-order valence-corrected chi connectivity index (χ3v) is 5.08. The van der Waals surface area contributed by atoms with Crippen LogP contribution in [0.15, 0.2) is 28.8 Å². The largest absolute Gasteiger partial charge is 0.377 e. The third kappa shape index (κ3) is 2.48. The van der Waals surface area contributed by atoms with Gasteiger partial charge in [-0.1, -0.05) is 17.3 Å². The number of hydrogen-bond donors (Lipinski definition) is 0. The summed E-state index contributed by atoms with van der Waals surface area (Å²) in [5.74, 6) is 0.883. The summed E-state index contributed by atoms with van der Waals surface area (Å²) in [5.41, 5.74) is 0.572. The summed E-state index contributed by atoms with van der Waals surface area (Å²) >= 11 is 0. The van der Waals surface area contributed by atoms with E-state index in [1.54, 1.807) is 23.0 Å². The van der Waals surface area contributed by atoms with Crippen LogP contribution in [0.3, 0.4) is 0 Å². The molecule has 1 saturated heterocycles. The minimum Gasteiger partial charge on any atom is -0.377 e. The van der Waals surface area contributed by atoms with Crippen LogP contribution in [-0.4, -0.2) is 46.2 Å². The molecule has 26 heavy (non-hydrogen) atoms. The van der Waals surface area contributed by atoms with Gasteiger partial charge in [-0.2, -0.15) is 4.98 Å². The van der Waals surface area contributed by atoms with Crippen LogP contribution in [0.4, 0.5) is 5.69 Å². The van der Waals surface area contributed by atoms with Crippen molar-refractivity contribution in [2.45, 2.75) is 38.5 Å². The average Bonchev–Trinajstić information content (AvgIpc) is 3.20. The predicted molar refractivity (Wildman–Crippen MR) is 91.3 cm³/mol. The molecule has 3 heterocycles. The molecule has 0 N–H and O–H groups in total. The molecule has 2 amide bonds. The number of fused-ring (bicyclic) bond motifs is 3. The molecule has 0 aliphatic carbocycles.